The molecule has 0 bridgehead atoms. The van der Waals surface area contributed by atoms with Crippen molar-refractivity contribution in [1.29, 1.82) is 0 Å². The summed E-state index contributed by atoms with van der Waals surface area (Å²) in [5, 5.41) is 12.1. The molecule has 9 heteroatoms. The highest BCUT2D eigenvalue weighted by molar-refractivity contribution is 7.89. The average Bonchev–Trinajstić information content (AvgIpc) is 2.60. The Morgan fingerprint density at radius 3 is 2.78 bits per heavy atom. The summed E-state index contributed by atoms with van der Waals surface area (Å²) >= 11 is 0. The summed E-state index contributed by atoms with van der Waals surface area (Å²) in [7, 11) is -3.68. The number of carbonyl (C=O) groups excluding carboxylic acids is 1. The predicted molar refractivity (Wildman–Crippen MR) is 81.2 cm³/mol. The molecule has 2 aliphatic rings. The summed E-state index contributed by atoms with van der Waals surface area (Å²) in [6, 6.07) is 6.56. The van der Waals surface area contributed by atoms with Crippen LogP contribution in [0.3, 0.4) is 0 Å². The number of para-hydroxylation sites is 1. The Morgan fingerprint density at radius 1 is 1.30 bits per heavy atom. The fourth-order valence-corrected chi connectivity index (χ4v) is 4.56. The Kier molecular flexibility index (Phi) is 3.77. The summed E-state index contributed by atoms with van der Waals surface area (Å²) < 4.78 is 27.5. The van der Waals surface area contributed by atoms with Crippen molar-refractivity contribution >= 4 is 27.6 Å². The molecule has 3 N–H and O–H groups in total. The van der Waals surface area contributed by atoms with Gasteiger partial charge in [-0.1, -0.05) is 12.1 Å². The zero-order valence-electron chi connectivity index (χ0n) is 12.3. The first-order valence-electron chi connectivity index (χ1n) is 7.22. The van der Waals surface area contributed by atoms with Gasteiger partial charge in [0.15, 0.2) is 0 Å². The van der Waals surface area contributed by atoms with E-state index in [1.54, 1.807) is 18.2 Å². The molecule has 1 spiro atoms. The molecule has 0 unspecified atom stereocenters. The average molecular weight is 339 g/mol. The zero-order valence-corrected chi connectivity index (χ0v) is 13.1. The van der Waals surface area contributed by atoms with Gasteiger partial charge in [-0.05, 0) is 18.6 Å². The van der Waals surface area contributed by atoms with Crippen molar-refractivity contribution < 1.29 is 23.1 Å². The summed E-state index contributed by atoms with van der Waals surface area (Å²) in [5.41, 5.74) is -0.485. The van der Waals surface area contributed by atoms with E-state index >= 15 is 0 Å². The Labute approximate surface area is 133 Å². The number of hydrogen-bond acceptors (Lipinski definition) is 5. The Hall–Kier alpha value is -2.13. The predicted octanol–water partition coefficient (Wildman–Crippen LogP) is 0.184. The number of likely N-dealkylation sites (tertiary alicyclic amines) is 1. The Bertz CT molecular complexity index is 763. The van der Waals surface area contributed by atoms with Crippen LogP contribution in [0.1, 0.15) is 19.3 Å². The van der Waals surface area contributed by atoms with Crippen LogP contribution in [0.25, 0.3) is 0 Å². The first-order chi connectivity index (χ1) is 10.8. The lowest BCUT2D eigenvalue weighted by atomic mass is 10.0. The number of hydrogen-bond donors (Lipinski definition) is 3. The summed E-state index contributed by atoms with van der Waals surface area (Å²) in [6.45, 7) is -0.207. The molecule has 0 saturated carbocycles. The Morgan fingerprint density at radius 2 is 2.04 bits per heavy atom. The third-order valence-corrected chi connectivity index (χ3v) is 5.73. The van der Waals surface area contributed by atoms with Crippen LogP contribution in [0, 0.1) is 0 Å². The first-order valence-corrected chi connectivity index (χ1v) is 8.70. The molecule has 0 aromatic heterocycles. The standard InChI is InChI=1S/C14H17N3O5S/c18-12-5-6-14(7-8-17(12)9-13(19)20)15-10-3-1-2-4-11(10)23(21,22)16-14/h1-4,15-16H,5-9H2,(H,19,20)/t14-/m0/s1. The monoisotopic (exact) mass is 339 g/mol. The van der Waals surface area contributed by atoms with Gasteiger partial charge in [-0.25, -0.2) is 8.42 Å². The van der Waals surface area contributed by atoms with Gasteiger partial charge in [0.05, 0.1) is 5.69 Å². The SMILES string of the molecule is O=C(O)CN1CC[C@@]2(CCC1=O)Nc1ccccc1S(=O)(=O)N2. The molecule has 2 heterocycles. The number of amides is 1. The third-order valence-electron chi connectivity index (χ3n) is 4.13. The molecule has 8 nitrogen and oxygen atoms in total. The number of fused-ring (bicyclic) bond motifs is 1. The van der Waals surface area contributed by atoms with E-state index in [1.165, 1.54) is 11.0 Å². The van der Waals surface area contributed by atoms with Crippen molar-refractivity contribution in [3.05, 3.63) is 24.3 Å². The van der Waals surface area contributed by atoms with Gasteiger partial charge in [0.1, 0.15) is 17.1 Å². The van der Waals surface area contributed by atoms with Gasteiger partial charge >= 0.3 is 5.97 Å². The highest BCUT2D eigenvalue weighted by Gasteiger charge is 2.43. The second-order valence-electron chi connectivity index (χ2n) is 5.77. The van der Waals surface area contributed by atoms with Crippen molar-refractivity contribution in [1.82, 2.24) is 9.62 Å². The topological polar surface area (TPSA) is 116 Å². The number of sulfonamides is 1. The van der Waals surface area contributed by atoms with Gasteiger partial charge in [0, 0.05) is 19.4 Å². The molecular formula is C14H17N3O5S. The molecule has 3 rings (SSSR count). The van der Waals surface area contributed by atoms with Gasteiger partial charge in [-0.2, -0.15) is 4.72 Å². The zero-order chi connectivity index (χ0) is 16.7. The van der Waals surface area contributed by atoms with Crippen LogP contribution in [-0.2, 0) is 19.6 Å². The first kappa shape index (κ1) is 15.8. The van der Waals surface area contributed by atoms with E-state index in [0.29, 0.717) is 12.1 Å². The van der Waals surface area contributed by atoms with E-state index in [1.807, 2.05) is 0 Å². The second kappa shape index (κ2) is 5.50. The minimum atomic E-state index is -3.68. The third kappa shape index (κ3) is 3.02. The number of anilines is 1. The Balaban J connectivity index is 1.89. The minimum Gasteiger partial charge on any atom is -0.480 e. The minimum absolute atomic E-state index is 0.0744. The van der Waals surface area contributed by atoms with E-state index in [-0.39, 0.29) is 36.7 Å². The van der Waals surface area contributed by atoms with Crippen molar-refractivity contribution in [2.24, 2.45) is 0 Å². The number of nitrogens with zero attached hydrogens (tertiary/aromatic N) is 1. The maximum Gasteiger partial charge on any atom is 0.323 e. The van der Waals surface area contributed by atoms with Crippen LogP contribution < -0.4 is 10.0 Å². The number of aliphatic carboxylic acids is 1. The van der Waals surface area contributed by atoms with Gasteiger partial charge in [0.2, 0.25) is 15.9 Å². The van der Waals surface area contributed by atoms with Crippen molar-refractivity contribution in [3.63, 3.8) is 0 Å². The molecular weight excluding hydrogens is 322 g/mol. The second-order valence-corrected chi connectivity index (χ2v) is 7.42. The van der Waals surface area contributed by atoms with Crippen LogP contribution in [0.4, 0.5) is 5.69 Å². The van der Waals surface area contributed by atoms with Crippen molar-refractivity contribution in [2.45, 2.75) is 29.8 Å². The number of rotatable bonds is 2. The number of carboxylic acids is 1. The number of nitrogens with one attached hydrogen (secondary N) is 2. The van der Waals surface area contributed by atoms with E-state index in [0.717, 1.165) is 0 Å². The maximum absolute atomic E-state index is 12.5. The molecule has 1 saturated heterocycles. The van der Waals surface area contributed by atoms with Crippen LogP contribution in [0.15, 0.2) is 29.2 Å². The van der Waals surface area contributed by atoms with Crippen LogP contribution in [0.5, 0.6) is 0 Å². The van der Waals surface area contributed by atoms with E-state index in [2.05, 4.69) is 10.0 Å². The van der Waals surface area contributed by atoms with Crippen LogP contribution in [-0.4, -0.2) is 49.1 Å². The van der Waals surface area contributed by atoms with Gasteiger partial charge in [-0.3, -0.25) is 9.59 Å². The van der Waals surface area contributed by atoms with Crippen molar-refractivity contribution in [2.75, 3.05) is 18.4 Å². The van der Waals surface area contributed by atoms with Crippen molar-refractivity contribution in [3.8, 4) is 0 Å². The largest absolute Gasteiger partial charge is 0.480 e. The highest BCUT2D eigenvalue weighted by Crippen LogP contribution is 2.34. The molecule has 0 radical (unpaired) electrons. The molecule has 1 fully saturated rings. The highest BCUT2D eigenvalue weighted by atomic mass is 32.2. The summed E-state index contributed by atoms with van der Waals surface area (Å²) in [5.74, 6) is -1.37. The molecule has 1 atom stereocenters. The van der Waals surface area contributed by atoms with E-state index in [9.17, 15) is 18.0 Å². The number of benzene rings is 1. The molecule has 23 heavy (non-hydrogen) atoms. The summed E-state index contributed by atoms with van der Waals surface area (Å²) in [4.78, 5) is 24.3. The normalized spacial score (nSPS) is 26.3. The quantitative estimate of drug-likeness (QED) is 0.708. The lowest BCUT2D eigenvalue weighted by Gasteiger charge is -2.39. The van der Waals surface area contributed by atoms with E-state index in [4.69, 9.17) is 5.11 Å². The van der Waals surface area contributed by atoms with Crippen LogP contribution >= 0.6 is 0 Å². The van der Waals surface area contributed by atoms with Gasteiger partial charge in [-0.15, -0.1) is 0 Å². The van der Waals surface area contributed by atoms with E-state index < -0.39 is 21.7 Å². The fourth-order valence-electron chi connectivity index (χ4n) is 3.01. The smallest absolute Gasteiger partial charge is 0.323 e. The molecule has 1 amide bonds. The molecule has 1 aromatic carbocycles. The molecule has 0 aliphatic carbocycles. The molecule has 2 aliphatic heterocycles. The van der Waals surface area contributed by atoms with Gasteiger partial charge < -0.3 is 15.3 Å². The lowest BCUT2D eigenvalue weighted by Crippen LogP contribution is -2.57. The lowest BCUT2D eigenvalue weighted by molar-refractivity contribution is -0.144. The van der Waals surface area contributed by atoms with Crippen LogP contribution in [0.2, 0.25) is 0 Å². The number of carboxylic acid groups (broad SMARTS) is 1. The summed E-state index contributed by atoms with van der Waals surface area (Å²) in [6.07, 6.45) is 0.625. The molecule has 124 valence electrons. The fraction of sp³-hybridized carbons (Fsp3) is 0.429. The number of carbonyl (C=O) groups is 2. The maximum atomic E-state index is 12.5. The van der Waals surface area contributed by atoms with Gasteiger partial charge in [0.25, 0.3) is 0 Å². The molecule has 1 aromatic rings.